The topological polar surface area (TPSA) is 75.5 Å². The van der Waals surface area contributed by atoms with Gasteiger partial charge in [0.25, 0.3) is 5.56 Å². The first-order chi connectivity index (χ1) is 13.5. The number of imidazole rings is 1. The molecule has 3 aromatic rings. The molecule has 8 nitrogen and oxygen atoms in total. The lowest BCUT2D eigenvalue weighted by Gasteiger charge is -2.25. The molecule has 2 aromatic heterocycles. The van der Waals surface area contributed by atoms with Gasteiger partial charge in [-0.25, -0.2) is 9.78 Å². The van der Waals surface area contributed by atoms with Crippen molar-refractivity contribution in [1.82, 2.24) is 18.7 Å². The molecule has 0 saturated heterocycles. The van der Waals surface area contributed by atoms with Crippen molar-refractivity contribution in [3.05, 3.63) is 62.1 Å². The molecule has 148 valence electrons. The van der Waals surface area contributed by atoms with Crippen molar-refractivity contribution < 1.29 is 9.64 Å². The molecule has 1 N–H and O–H groups in total. The molecule has 28 heavy (non-hydrogen) atoms. The summed E-state index contributed by atoms with van der Waals surface area (Å²) in [7, 11) is 4.80. The summed E-state index contributed by atoms with van der Waals surface area (Å²) < 4.78 is 9.76. The highest BCUT2D eigenvalue weighted by molar-refractivity contribution is 5.71. The van der Waals surface area contributed by atoms with Gasteiger partial charge in [0, 0.05) is 39.7 Å². The Balaban J connectivity index is 1.76. The maximum atomic E-state index is 12.8. The third-order valence-corrected chi connectivity index (χ3v) is 5.66. The number of nitrogens with one attached hydrogen (secondary N) is 1. The molecule has 1 aliphatic rings. The number of fused-ring (bicyclic) bond motifs is 2. The first-order valence-electron chi connectivity index (χ1n) is 9.55. The average Bonchev–Trinajstić information content (AvgIpc) is 3.07. The first kappa shape index (κ1) is 18.6. The van der Waals surface area contributed by atoms with Crippen LogP contribution in [0.2, 0.25) is 0 Å². The number of quaternary nitrogens is 1. The summed E-state index contributed by atoms with van der Waals surface area (Å²) in [6, 6.07) is 8.54. The minimum Gasteiger partial charge on any atom is -0.383 e. The lowest BCUT2D eigenvalue weighted by atomic mass is 10.00. The predicted molar refractivity (Wildman–Crippen MR) is 105 cm³/mol. The monoisotopic (exact) mass is 384 g/mol. The minimum absolute atomic E-state index is 0.313. The Bertz CT molecular complexity index is 1140. The van der Waals surface area contributed by atoms with Gasteiger partial charge in [0.1, 0.15) is 13.1 Å². The van der Waals surface area contributed by atoms with Gasteiger partial charge < -0.3 is 14.2 Å². The van der Waals surface area contributed by atoms with E-state index in [4.69, 9.17) is 9.72 Å². The number of ether oxygens (including phenoxy) is 1. The van der Waals surface area contributed by atoms with Crippen LogP contribution in [-0.4, -0.2) is 38.9 Å². The van der Waals surface area contributed by atoms with Crippen LogP contribution < -0.4 is 16.1 Å². The lowest BCUT2D eigenvalue weighted by Crippen LogP contribution is -3.10. The Morgan fingerprint density at radius 1 is 1.14 bits per heavy atom. The molecule has 0 fully saturated rings. The van der Waals surface area contributed by atoms with Crippen LogP contribution in [0.5, 0.6) is 0 Å². The first-order valence-corrected chi connectivity index (χ1v) is 9.55. The van der Waals surface area contributed by atoms with E-state index >= 15 is 0 Å². The molecule has 0 radical (unpaired) electrons. The third-order valence-electron chi connectivity index (χ3n) is 5.66. The minimum atomic E-state index is -0.361. The Morgan fingerprint density at radius 3 is 2.64 bits per heavy atom. The highest BCUT2D eigenvalue weighted by Gasteiger charge is 2.24. The molecule has 3 heterocycles. The fourth-order valence-electron chi connectivity index (χ4n) is 4.07. The van der Waals surface area contributed by atoms with Crippen molar-refractivity contribution >= 4 is 11.2 Å². The van der Waals surface area contributed by atoms with Gasteiger partial charge in [-0.2, -0.15) is 0 Å². The zero-order chi connectivity index (χ0) is 19.8. The number of aryl methyl sites for hydroxylation is 1. The zero-order valence-electron chi connectivity index (χ0n) is 16.6. The molecule has 0 aliphatic carbocycles. The molecule has 0 bridgehead atoms. The van der Waals surface area contributed by atoms with E-state index in [0.717, 1.165) is 29.9 Å². The van der Waals surface area contributed by atoms with Crippen molar-refractivity contribution in [1.29, 1.82) is 0 Å². The molecule has 1 atom stereocenters. The largest absolute Gasteiger partial charge is 0.383 e. The van der Waals surface area contributed by atoms with E-state index < -0.39 is 0 Å². The molecule has 0 spiro atoms. The second-order valence-corrected chi connectivity index (χ2v) is 7.42. The van der Waals surface area contributed by atoms with E-state index in [1.807, 2.05) is 4.57 Å². The number of benzene rings is 1. The van der Waals surface area contributed by atoms with Crippen LogP contribution in [0, 0.1) is 0 Å². The average molecular weight is 384 g/mol. The quantitative estimate of drug-likeness (QED) is 0.626. The van der Waals surface area contributed by atoms with Crippen molar-refractivity contribution in [2.75, 3.05) is 20.3 Å². The second-order valence-electron chi connectivity index (χ2n) is 7.42. The summed E-state index contributed by atoms with van der Waals surface area (Å²) in [6.45, 7) is 3.65. The van der Waals surface area contributed by atoms with Gasteiger partial charge in [-0.3, -0.25) is 13.9 Å². The summed E-state index contributed by atoms with van der Waals surface area (Å²) in [4.78, 5) is 31.2. The summed E-state index contributed by atoms with van der Waals surface area (Å²) in [5, 5.41) is 0. The Labute approximate surface area is 162 Å². The number of hydrogen-bond acceptors (Lipinski definition) is 4. The van der Waals surface area contributed by atoms with Crippen LogP contribution in [0.15, 0.2) is 33.9 Å². The van der Waals surface area contributed by atoms with Crippen LogP contribution in [0.3, 0.4) is 0 Å². The van der Waals surface area contributed by atoms with Crippen LogP contribution >= 0.6 is 0 Å². The van der Waals surface area contributed by atoms with E-state index in [9.17, 15) is 9.59 Å². The van der Waals surface area contributed by atoms with Gasteiger partial charge >= 0.3 is 5.69 Å². The predicted octanol–water partition coefficient (Wildman–Crippen LogP) is -0.779. The van der Waals surface area contributed by atoms with Gasteiger partial charge in [-0.1, -0.05) is 24.3 Å². The standard InChI is InChI=1S/C20H25N5O3/c1-22-18-17(19(26)23(2)20(22)27)25(10-11-28-3)16(21-18)13-24-9-8-14-6-4-5-7-15(14)12-24/h4-7H,8-13H2,1-3H3/p+1. The Hall–Kier alpha value is -2.71. The SMILES string of the molecule is COCCn1c(C[NH+]2CCc3ccccc3C2)nc2c1c(=O)n(C)c(=O)n2C. The number of nitrogens with zero attached hydrogens (tertiary/aromatic N) is 4. The number of aromatic nitrogens is 4. The van der Waals surface area contributed by atoms with Gasteiger partial charge in [0.15, 0.2) is 17.0 Å². The number of methoxy groups -OCH3 is 1. The van der Waals surface area contributed by atoms with E-state index in [1.165, 1.54) is 27.6 Å². The van der Waals surface area contributed by atoms with E-state index in [-0.39, 0.29) is 11.2 Å². The van der Waals surface area contributed by atoms with Gasteiger partial charge in [-0.15, -0.1) is 0 Å². The summed E-state index contributed by atoms with van der Waals surface area (Å²) in [6.07, 6.45) is 1.03. The number of hydrogen-bond donors (Lipinski definition) is 1. The second kappa shape index (κ2) is 7.37. The van der Waals surface area contributed by atoms with Crippen molar-refractivity contribution in [3.8, 4) is 0 Å². The van der Waals surface area contributed by atoms with E-state index in [1.54, 1.807) is 14.2 Å². The molecular formula is C20H26N5O3+. The smallest absolute Gasteiger partial charge is 0.332 e. The van der Waals surface area contributed by atoms with Crippen molar-refractivity contribution in [2.45, 2.75) is 26.1 Å². The highest BCUT2D eigenvalue weighted by Crippen LogP contribution is 2.13. The van der Waals surface area contributed by atoms with Crippen molar-refractivity contribution in [3.63, 3.8) is 0 Å². The fourth-order valence-corrected chi connectivity index (χ4v) is 4.07. The highest BCUT2D eigenvalue weighted by atomic mass is 16.5. The third kappa shape index (κ3) is 3.08. The van der Waals surface area contributed by atoms with Crippen LogP contribution in [0.25, 0.3) is 11.2 Å². The van der Waals surface area contributed by atoms with Gasteiger partial charge in [-0.05, 0) is 5.56 Å². The van der Waals surface area contributed by atoms with Gasteiger partial charge in [0.05, 0.1) is 13.2 Å². The summed E-state index contributed by atoms with van der Waals surface area (Å²) >= 11 is 0. The summed E-state index contributed by atoms with van der Waals surface area (Å²) in [5.74, 6) is 0.819. The maximum Gasteiger partial charge on any atom is 0.332 e. The molecule has 1 aliphatic heterocycles. The molecule has 1 aromatic carbocycles. The van der Waals surface area contributed by atoms with E-state index in [0.29, 0.717) is 30.9 Å². The lowest BCUT2D eigenvalue weighted by molar-refractivity contribution is -0.930. The Morgan fingerprint density at radius 2 is 1.89 bits per heavy atom. The normalized spacial score (nSPS) is 16.5. The zero-order valence-corrected chi connectivity index (χ0v) is 16.6. The molecule has 0 saturated carbocycles. The summed E-state index contributed by atoms with van der Waals surface area (Å²) in [5.41, 5.74) is 3.01. The van der Waals surface area contributed by atoms with Crippen LogP contribution in [-0.2, 0) is 44.9 Å². The van der Waals surface area contributed by atoms with Crippen molar-refractivity contribution in [2.24, 2.45) is 14.1 Å². The Kier molecular flexibility index (Phi) is 4.91. The van der Waals surface area contributed by atoms with Crippen LogP contribution in [0.4, 0.5) is 0 Å². The molecule has 1 unspecified atom stereocenters. The maximum absolute atomic E-state index is 12.8. The molecule has 4 rings (SSSR count). The molecule has 8 heteroatoms. The van der Waals surface area contributed by atoms with Gasteiger partial charge in [0.2, 0.25) is 0 Å². The number of rotatable bonds is 5. The molecule has 0 amide bonds. The molecular weight excluding hydrogens is 358 g/mol. The van der Waals surface area contributed by atoms with E-state index in [2.05, 4.69) is 24.3 Å². The van der Waals surface area contributed by atoms with Crippen LogP contribution in [0.1, 0.15) is 17.0 Å². The fraction of sp³-hybridized carbons (Fsp3) is 0.450.